The van der Waals surface area contributed by atoms with Gasteiger partial charge in [-0.15, -0.1) is 0 Å². The predicted molar refractivity (Wildman–Crippen MR) is 116 cm³/mol. The molecule has 0 radical (unpaired) electrons. The first-order chi connectivity index (χ1) is 13.6. The number of nitrogens with zero attached hydrogens (tertiary/aromatic N) is 3. The molecule has 1 aliphatic rings. The van der Waals surface area contributed by atoms with Gasteiger partial charge in [0.15, 0.2) is 0 Å². The van der Waals surface area contributed by atoms with Crippen molar-refractivity contribution in [3.8, 4) is 0 Å². The maximum atomic E-state index is 13.5. The van der Waals surface area contributed by atoms with E-state index in [9.17, 15) is 9.59 Å². The van der Waals surface area contributed by atoms with Gasteiger partial charge < -0.3 is 14.5 Å². The molecule has 29 heavy (non-hydrogen) atoms. The van der Waals surface area contributed by atoms with E-state index in [2.05, 4.69) is 19.0 Å². The average Bonchev–Trinajstić information content (AvgIpc) is 2.64. The summed E-state index contributed by atoms with van der Waals surface area (Å²) in [7, 11) is 5.80. The van der Waals surface area contributed by atoms with Crippen molar-refractivity contribution in [2.75, 3.05) is 40.8 Å². The summed E-state index contributed by atoms with van der Waals surface area (Å²) in [4.78, 5) is 31.8. The Morgan fingerprint density at radius 3 is 2.41 bits per heavy atom. The Bertz CT molecular complexity index is 670. The Balaban J connectivity index is 2.19. The molecule has 0 N–H and O–H groups in total. The fourth-order valence-electron chi connectivity index (χ4n) is 3.83. The van der Waals surface area contributed by atoms with Crippen LogP contribution in [0.3, 0.4) is 0 Å². The number of rotatable bonds is 6. The number of carbonyl (C=O) groups excluding carboxylic acids is 2. The van der Waals surface area contributed by atoms with Gasteiger partial charge in [0.2, 0.25) is 5.91 Å². The molecular weight excluding hydrogens is 366 g/mol. The van der Waals surface area contributed by atoms with Crippen LogP contribution in [0.1, 0.15) is 39.2 Å². The summed E-state index contributed by atoms with van der Waals surface area (Å²) in [6.07, 6.45) is 2.14. The Kier molecular flexibility index (Phi) is 8.08. The van der Waals surface area contributed by atoms with E-state index in [0.717, 1.165) is 38.0 Å². The highest BCUT2D eigenvalue weighted by Crippen LogP contribution is 2.21. The second-order valence-corrected chi connectivity index (χ2v) is 9.35. The monoisotopic (exact) mass is 403 g/mol. The first-order valence-electron chi connectivity index (χ1n) is 10.5. The molecule has 1 aromatic carbocycles. The summed E-state index contributed by atoms with van der Waals surface area (Å²) in [5.41, 5.74) is 0.427. The van der Waals surface area contributed by atoms with Gasteiger partial charge in [-0.05, 0) is 59.2 Å². The lowest BCUT2D eigenvalue weighted by atomic mass is 9.96. The summed E-state index contributed by atoms with van der Waals surface area (Å²) < 4.78 is 5.54. The van der Waals surface area contributed by atoms with Gasteiger partial charge in [0.05, 0.1) is 0 Å². The molecule has 2 rings (SSSR count). The largest absolute Gasteiger partial charge is 0.444 e. The van der Waals surface area contributed by atoms with Gasteiger partial charge in [-0.1, -0.05) is 30.3 Å². The van der Waals surface area contributed by atoms with E-state index in [4.69, 9.17) is 4.74 Å². The van der Waals surface area contributed by atoms with Crippen molar-refractivity contribution in [1.82, 2.24) is 14.7 Å². The number of piperidine rings is 1. The Morgan fingerprint density at radius 2 is 1.83 bits per heavy atom. The lowest BCUT2D eigenvalue weighted by Gasteiger charge is -2.38. The first kappa shape index (κ1) is 23.2. The molecule has 0 spiro atoms. The first-order valence-corrected chi connectivity index (χ1v) is 10.5. The predicted octanol–water partition coefficient (Wildman–Crippen LogP) is 3.26. The van der Waals surface area contributed by atoms with Crippen LogP contribution in [0.5, 0.6) is 0 Å². The van der Waals surface area contributed by atoms with Crippen molar-refractivity contribution in [2.45, 2.75) is 51.7 Å². The SMILES string of the molecule is CN(C)C[C@H]1CCCN(C(=O)[C@@H](Cc2ccccc2)N(C)C(=O)OC(C)(C)C)C1. The molecule has 1 saturated heterocycles. The molecule has 1 aliphatic heterocycles. The van der Waals surface area contributed by atoms with Crippen molar-refractivity contribution >= 4 is 12.0 Å². The molecule has 2 atom stereocenters. The Labute approximate surface area is 175 Å². The van der Waals surface area contributed by atoms with Crippen LogP contribution in [0, 0.1) is 5.92 Å². The second kappa shape index (κ2) is 10.1. The Hall–Kier alpha value is -2.08. The van der Waals surface area contributed by atoms with Crippen LogP contribution in [0.25, 0.3) is 0 Å². The summed E-state index contributed by atoms with van der Waals surface area (Å²) >= 11 is 0. The van der Waals surface area contributed by atoms with Crippen LogP contribution in [0.4, 0.5) is 4.79 Å². The van der Waals surface area contributed by atoms with E-state index in [1.165, 1.54) is 4.90 Å². The van der Waals surface area contributed by atoms with E-state index in [-0.39, 0.29) is 5.91 Å². The zero-order valence-electron chi connectivity index (χ0n) is 18.9. The number of likely N-dealkylation sites (N-methyl/N-ethyl adjacent to an activating group) is 1. The molecule has 0 saturated carbocycles. The van der Waals surface area contributed by atoms with Gasteiger partial charge >= 0.3 is 6.09 Å². The van der Waals surface area contributed by atoms with Gasteiger partial charge in [-0.2, -0.15) is 0 Å². The van der Waals surface area contributed by atoms with Crippen LogP contribution in [-0.4, -0.2) is 79.1 Å². The molecule has 2 amide bonds. The van der Waals surface area contributed by atoms with Crippen molar-refractivity contribution in [3.63, 3.8) is 0 Å². The molecule has 6 heteroatoms. The third-order valence-electron chi connectivity index (χ3n) is 5.16. The number of carbonyl (C=O) groups is 2. The zero-order valence-corrected chi connectivity index (χ0v) is 18.9. The minimum atomic E-state index is -0.604. The third kappa shape index (κ3) is 7.35. The van der Waals surface area contributed by atoms with E-state index in [1.54, 1.807) is 7.05 Å². The fraction of sp³-hybridized carbons (Fsp3) is 0.652. The zero-order chi connectivity index (χ0) is 21.6. The third-order valence-corrected chi connectivity index (χ3v) is 5.16. The molecule has 6 nitrogen and oxygen atoms in total. The smallest absolute Gasteiger partial charge is 0.410 e. The standard InChI is InChI=1S/C23H37N3O3/c1-23(2,3)29-22(28)25(6)20(15-18-11-8-7-9-12-18)21(27)26-14-10-13-19(17-26)16-24(4)5/h7-9,11-12,19-20H,10,13-17H2,1-6H3/t19-,20-/m1/s1. The molecule has 0 aliphatic carbocycles. The second-order valence-electron chi connectivity index (χ2n) is 9.35. The lowest BCUT2D eigenvalue weighted by Crippen LogP contribution is -2.54. The van der Waals surface area contributed by atoms with Crippen molar-refractivity contribution in [1.29, 1.82) is 0 Å². The minimum Gasteiger partial charge on any atom is -0.444 e. The van der Waals surface area contributed by atoms with Gasteiger partial charge in [0, 0.05) is 33.1 Å². The van der Waals surface area contributed by atoms with Gasteiger partial charge in [0.1, 0.15) is 11.6 Å². The van der Waals surface area contributed by atoms with E-state index >= 15 is 0 Å². The van der Waals surface area contributed by atoms with Crippen LogP contribution in [0.2, 0.25) is 0 Å². The average molecular weight is 404 g/mol. The van der Waals surface area contributed by atoms with Gasteiger partial charge in [0.25, 0.3) is 0 Å². The molecule has 0 aromatic heterocycles. The van der Waals surface area contributed by atoms with E-state index in [0.29, 0.717) is 12.3 Å². The fourth-order valence-corrected chi connectivity index (χ4v) is 3.83. The quantitative estimate of drug-likeness (QED) is 0.732. The number of ether oxygens (including phenoxy) is 1. The summed E-state index contributed by atoms with van der Waals surface area (Å²) in [6.45, 7) is 7.96. The molecule has 1 heterocycles. The molecule has 162 valence electrons. The summed E-state index contributed by atoms with van der Waals surface area (Å²) in [6, 6.07) is 9.28. The number of benzene rings is 1. The van der Waals surface area contributed by atoms with Gasteiger partial charge in [-0.25, -0.2) is 4.79 Å². The molecule has 1 fully saturated rings. The van der Waals surface area contributed by atoms with Crippen LogP contribution in [0.15, 0.2) is 30.3 Å². The van der Waals surface area contributed by atoms with E-state index < -0.39 is 17.7 Å². The van der Waals surface area contributed by atoms with Crippen molar-refractivity contribution in [3.05, 3.63) is 35.9 Å². The topological polar surface area (TPSA) is 53.1 Å². The highest BCUT2D eigenvalue weighted by Gasteiger charge is 2.35. The summed E-state index contributed by atoms with van der Waals surface area (Å²) in [5, 5.41) is 0. The van der Waals surface area contributed by atoms with Crippen LogP contribution >= 0.6 is 0 Å². The maximum absolute atomic E-state index is 13.5. The van der Waals surface area contributed by atoms with Crippen LogP contribution < -0.4 is 0 Å². The van der Waals surface area contributed by atoms with Crippen molar-refractivity contribution in [2.24, 2.45) is 5.92 Å². The minimum absolute atomic E-state index is 0.00525. The highest BCUT2D eigenvalue weighted by atomic mass is 16.6. The molecule has 0 bridgehead atoms. The molecule has 0 unspecified atom stereocenters. The number of hydrogen-bond acceptors (Lipinski definition) is 4. The maximum Gasteiger partial charge on any atom is 0.410 e. The Morgan fingerprint density at radius 1 is 1.17 bits per heavy atom. The van der Waals surface area contributed by atoms with Crippen LogP contribution in [-0.2, 0) is 16.0 Å². The molecular formula is C23H37N3O3. The normalized spacial score (nSPS) is 18.4. The molecule has 1 aromatic rings. The number of hydrogen-bond donors (Lipinski definition) is 0. The number of amides is 2. The van der Waals surface area contributed by atoms with E-state index in [1.807, 2.05) is 56.0 Å². The highest BCUT2D eigenvalue weighted by molar-refractivity contribution is 5.86. The van der Waals surface area contributed by atoms with Gasteiger partial charge in [-0.3, -0.25) is 9.69 Å². The summed E-state index contributed by atoms with van der Waals surface area (Å²) in [5.74, 6) is 0.470. The number of likely N-dealkylation sites (tertiary alicyclic amines) is 1. The van der Waals surface area contributed by atoms with Crippen molar-refractivity contribution < 1.29 is 14.3 Å². The lowest BCUT2D eigenvalue weighted by molar-refractivity contribution is -0.138.